The fourth-order valence-electron chi connectivity index (χ4n) is 0.664. The van der Waals surface area contributed by atoms with E-state index < -0.39 is 13.4 Å². The molecule has 0 spiro atoms. The van der Waals surface area contributed by atoms with Gasteiger partial charge in [-0.05, 0) is 37.5 Å². The van der Waals surface area contributed by atoms with Gasteiger partial charge in [0.2, 0.25) is 0 Å². The quantitative estimate of drug-likeness (QED) is 0.638. The topological polar surface area (TPSA) is 46.2 Å². The lowest BCUT2D eigenvalue weighted by Crippen LogP contribution is -2.00. The highest BCUT2D eigenvalue weighted by Gasteiger charge is 2.30. The standard InChI is InChI=1S/C6H16O5P2S2/c1-5-9-13(15,10-6-2)11-12(14,7-3)8-4/h5-6H2,1-4H3. The van der Waals surface area contributed by atoms with Crippen LogP contribution in [-0.2, 0) is 46.0 Å². The molecule has 0 bridgehead atoms. The van der Waals surface area contributed by atoms with Gasteiger partial charge in [0.1, 0.15) is 0 Å². The van der Waals surface area contributed by atoms with Gasteiger partial charge in [-0.2, -0.15) is 0 Å². The molecule has 0 aromatic carbocycles. The molecule has 0 N–H and O–H groups in total. The molecule has 0 aliphatic rings. The van der Waals surface area contributed by atoms with Gasteiger partial charge < -0.3 is 18.1 Å². The Morgan fingerprint density at radius 2 is 1.27 bits per heavy atom. The highest BCUT2D eigenvalue weighted by atomic mass is 32.5. The van der Waals surface area contributed by atoms with Crippen LogP contribution < -0.4 is 0 Å². The molecule has 0 aliphatic heterocycles. The van der Waals surface area contributed by atoms with Gasteiger partial charge >= 0.3 is 13.4 Å². The molecule has 0 aromatic rings. The second-order valence-electron chi connectivity index (χ2n) is 2.18. The average molecular weight is 294 g/mol. The summed E-state index contributed by atoms with van der Waals surface area (Å²) in [5.41, 5.74) is 0. The summed E-state index contributed by atoms with van der Waals surface area (Å²) in [6.45, 7) is -1.30. The van der Waals surface area contributed by atoms with Crippen LogP contribution in [0.2, 0.25) is 0 Å². The Hall–Kier alpha value is 1.10. The first-order valence-electron chi connectivity index (χ1n) is 4.27. The molecule has 0 heterocycles. The lowest BCUT2D eigenvalue weighted by molar-refractivity contribution is 0.194. The molecule has 0 fully saturated rings. The highest BCUT2D eigenvalue weighted by Crippen LogP contribution is 2.65. The summed E-state index contributed by atoms with van der Waals surface area (Å²) in [5.74, 6) is 0. The zero-order chi connectivity index (χ0) is 11.9. The Kier molecular flexibility index (Phi) is 7.98. The van der Waals surface area contributed by atoms with Crippen LogP contribution in [0, 0.1) is 0 Å². The van der Waals surface area contributed by atoms with E-state index in [-0.39, 0.29) is 0 Å². The van der Waals surface area contributed by atoms with Gasteiger partial charge in [-0.15, -0.1) is 0 Å². The molecule has 15 heavy (non-hydrogen) atoms. The number of rotatable bonds is 8. The van der Waals surface area contributed by atoms with Crippen molar-refractivity contribution in [2.24, 2.45) is 0 Å². The minimum Gasteiger partial charge on any atom is -0.312 e. The van der Waals surface area contributed by atoms with Crippen molar-refractivity contribution in [1.29, 1.82) is 0 Å². The van der Waals surface area contributed by atoms with Gasteiger partial charge in [0.15, 0.2) is 0 Å². The smallest absolute Gasteiger partial charge is 0.312 e. The summed E-state index contributed by atoms with van der Waals surface area (Å²) < 4.78 is 25.8. The molecule has 0 saturated heterocycles. The summed E-state index contributed by atoms with van der Waals surface area (Å²) in [7, 11) is 2.81. The van der Waals surface area contributed by atoms with Crippen molar-refractivity contribution < 1.29 is 22.4 Å². The van der Waals surface area contributed by atoms with Crippen molar-refractivity contribution in [3.63, 3.8) is 0 Å². The predicted molar refractivity (Wildman–Crippen MR) is 66.9 cm³/mol. The summed E-state index contributed by atoms with van der Waals surface area (Å²) in [4.78, 5) is 0. The zero-order valence-electron chi connectivity index (χ0n) is 9.17. The molecule has 0 atom stereocenters. The third-order valence-corrected chi connectivity index (χ3v) is 7.59. The normalized spacial score (nSPS) is 13.1. The lowest BCUT2D eigenvalue weighted by Gasteiger charge is -2.25. The minimum absolute atomic E-state index is 0.389. The maximum Gasteiger partial charge on any atom is 0.334 e. The van der Waals surface area contributed by atoms with Gasteiger partial charge in [-0.1, -0.05) is 0 Å². The van der Waals surface area contributed by atoms with E-state index in [0.717, 1.165) is 0 Å². The van der Waals surface area contributed by atoms with Crippen LogP contribution in [-0.4, -0.2) is 27.4 Å². The van der Waals surface area contributed by atoms with E-state index in [0.29, 0.717) is 13.2 Å². The molecule has 92 valence electrons. The molecule has 0 radical (unpaired) electrons. The van der Waals surface area contributed by atoms with Crippen molar-refractivity contribution in [3.8, 4) is 0 Å². The van der Waals surface area contributed by atoms with Crippen molar-refractivity contribution in [2.45, 2.75) is 13.8 Å². The van der Waals surface area contributed by atoms with Crippen molar-refractivity contribution >= 4 is 37.1 Å². The fraction of sp³-hybridized carbons (Fsp3) is 1.00. The lowest BCUT2D eigenvalue weighted by atomic mass is 10.9. The van der Waals surface area contributed by atoms with Gasteiger partial charge in [-0.3, -0.25) is 0 Å². The SMILES string of the molecule is CCOP(=S)(OCC)OP(=S)(OC)OC. The van der Waals surface area contributed by atoms with Gasteiger partial charge in [0, 0.05) is 14.2 Å². The summed E-state index contributed by atoms with van der Waals surface area (Å²) >= 11 is 10.2. The van der Waals surface area contributed by atoms with E-state index in [1.54, 1.807) is 13.8 Å². The molecule has 0 saturated carbocycles. The molecular formula is C6H16O5P2S2. The van der Waals surface area contributed by atoms with Crippen LogP contribution in [0.25, 0.3) is 0 Å². The maximum atomic E-state index is 5.37. The maximum absolute atomic E-state index is 5.37. The molecule has 0 unspecified atom stereocenters. The third kappa shape index (κ3) is 5.82. The van der Waals surface area contributed by atoms with Crippen molar-refractivity contribution in [1.82, 2.24) is 0 Å². The predicted octanol–water partition coefficient (Wildman–Crippen LogP) is 2.82. The van der Waals surface area contributed by atoms with Crippen LogP contribution in [0.5, 0.6) is 0 Å². The van der Waals surface area contributed by atoms with Crippen LogP contribution in [0.3, 0.4) is 0 Å². The summed E-state index contributed by atoms with van der Waals surface area (Å²) in [6.07, 6.45) is 0. The molecule has 0 rings (SSSR count). The van der Waals surface area contributed by atoms with Crippen LogP contribution in [0.15, 0.2) is 0 Å². The fourth-order valence-corrected chi connectivity index (χ4v) is 6.00. The van der Waals surface area contributed by atoms with E-state index in [1.165, 1.54) is 14.2 Å². The van der Waals surface area contributed by atoms with E-state index in [2.05, 4.69) is 0 Å². The van der Waals surface area contributed by atoms with E-state index in [9.17, 15) is 0 Å². The monoisotopic (exact) mass is 294 g/mol. The third-order valence-electron chi connectivity index (χ3n) is 1.22. The first-order valence-corrected chi connectivity index (χ1v) is 9.38. The molecule has 5 nitrogen and oxygen atoms in total. The largest absolute Gasteiger partial charge is 0.334 e. The average Bonchev–Trinajstić information content (AvgIpc) is 2.18. The minimum atomic E-state index is -2.85. The first kappa shape index (κ1) is 16.1. The number of hydrogen-bond donors (Lipinski definition) is 0. The number of hydrogen-bond acceptors (Lipinski definition) is 7. The Morgan fingerprint density at radius 3 is 1.53 bits per heavy atom. The molecule has 0 aromatic heterocycles. The Morgan fingerprint density at radius 1 is 0.867 bits per heavy atom. The summed E-state index contributed by atoms with van der Waals surface area (Å²) in [5, 5.41) is 0. The van der Waals surface area contributed by atoms with E-state index in [4.69, 9.17) is 46.0 Å². The second-order valence-corrected chi connectivity index (χ2v) is 8.55. The van der Waals surface area contributed by atoms with Crippen molar-refractivity contribution in [2.75, 3.05) is 27.4 Å². The molecule has 0 amide bonds. The Labute approximate surface area is 101 Å². The Bertz CT molecular complexity index is 254. The van der Waals surface area contributed by atoms with Crippen LogP contribution >= 0.6 is 13.4 Å². The van der Waals surface area contributed by atoms with Gasteiger partial charge in [0.05, 0.1) is 13.2 Å². The second kappa shape index (κ2) is 7.43. The zero-order valence-corrected chi connectivity index (χ0v) is 12.6. The van der Waals surface area contributed by atoms with E-state index in [1.807, 2.05) is 0 Å². The highest BCUT2D eigenvalue weighted by molar-refractivity contribution is 8.14. The van der Waals surface area contributed by atoms with Crippen LogP contribution in [0.1, 0.15) is 13.8 Å². The Balaban J connectivity index is 4.66. The summed E-state index contributed by atoms with van der Waals surface area (Å²) in [6, 6.07) is 0. The molecule has 9 heteroatoms. The van der Waals surface area contributed by atoms with Crippen molar-refractivity contribution in [3.05, 3.63) is 0 Å². The molecule has 0 aliphatic carbocycles. The first-order chi connectivity index (χ1) is 6.95. The van der Waals surface area contributed by atoms with Gasteiger partial charge in [-0.25, -0.2) is 4.31 Å². The molecular weight excluding hydrogens is 278 g/mol. The van der Waals surface area contributed by atoms with Crippen LogP contribution in [0.4, 0.5) is 0 Å². The van der Waals surface area contributed by atoms with E-state index >= 15 is 0 Å². The van der Waals surface area contributed by atoms with Gasteiger partial charge in [0.25, 0.3) is 0 Å².